The predicted molar refractivity (Wildman–Crippen MR) is 228 cm³/mol. The van der Waals surface area contributed by atoms with Crippen LogP contribution in [0.2, 0.25) is 0 Å². The number of hydrogen-bond donors (Lipinski definition) is 0. The largest absolute Gasteiger partial charge is 0.344 e. The lowest BCUT2D eigenvalue weighted by Crippen LogP contribution is -2.31. The third kappa shape index (κ3) is 4.66. The minimum Gasteiger partial charge on any atom is -0.344 e. The topological polar surface area (TPSA) is 9.72 Å². The van der Waals surface area contributed by atoms with Crippen LogP contribution in [0.4, 0.5) is 34.1 Å². The second-order valence-electron chi connectivity index (χ2n) is 18.2. The van der Waals surface area contributed by atoms with Gasteiger partial charge < -0.3 is 14.7 Å². The van der Waals surface area contributed by atoms with Crippen molar-refractivity contribution < 1.29 is 0 Å². The second kappa shape index (κ2) is 11.1. The number of benzene rings is 6. The fraction of sp³-hybridized carbons (Fsp3) is 0.294. The molecule has 0 radical (unpaired) electrons. The molecule has 0 spiro atoms. The zero-order valence-corrected chi connectivity index (χ0v) is 33.4. The third-order valence-corrected chi connectivity index (χ3v) is 13.8. The van der Waals surface area contributed by atoms with Crippen LogP contribution < -0.4 is 14.7 Å². The summed E-state index contributed by atoms with van der Waals surface area (Å²) in [7, 11) is 6.70. The number of nitrogens with zero attached hydrogens (tertiary/aromatic N) is 3. The molecule has 0 unspecified atom stereocenters. The Hall–Kier alpha value is -5.28. The molecule has 3 heterocycles. The van der Waals surface area contributed by atoms with E-state index in [1.165, 1.54) is 101 Å². The van der Waals surface area contributed by atoms with Crippen molar-refractivity contribution in [3.8, 4) is 0 Å². The molecule has 0 fully saturated rings. The molecular weight excluding hydrogens is 655 g/mol. The van der Waals surface area contributed by atoms with Crippen molar-refractivity contribution in [2.45, 2.75) is 77.0 Å². The summed E-state index contributed by atoms with van der Waals surface area (Å²) >= 11 is 0. The van der Waals surface area contributed by atoms with Gasteiger partial charge >= 0.3 is 0 Å². The van der Waals surface area contributed by atoms with E-state index in [0.717, 1.165) is 19.3 Å². The van der Waals surface area contributed by atoms with E-state index in [1.54, 1.807) is 0 Å². The Bertz CT molecular complexity index is 2120. The molecule has 3 aliphatic heterocycles. The van der Waals surface area contributed by atoms with Gasteiger partial charge in [0.15, 0.2) is 0 Å². The quantitative estimate of drug-likeness (QED) is 0.156. The Morgan fingerprint density at radius 3 is 0.630 bits per heavy atom. The Kier molecular flexibility index (Phi) is 6.87. The van der Waals surface area contributed by atoms with E-state index in [9.17, 15) is 0 Å². The van der Waals surface area contributed by atoms with Gasteiger partial charge in [-0.1, -0.05) is 114 Å². The number of hydrogen-bond acceptors (Lipinski definition) is 3. The number of anilines is 6. The van der Waals surface area contributed by atoms with Crippen molar-refractivity contribution in [2.75, 3.05) is 35.8 Å². The first-order valence-corrected chi connectivity index (χ1v) is 19.7. The van der Waals surface area contributed by atoms with Gasteiger partial charge in [-0.3, -0.25) is 0 Å². The first kappa shape index (κ1) is 33.3. The van der Waals surface area contributed by atoms with Crippen LogP contribution >= 0.6 is 0 Å². The molecule has 4 aliphatic rings. The van der Waals surface area contributed by atoms with Crippen LogP contribution in [0.15, 0.2) is 109 Å². The van der Waals surface area contributed by atoms with Gasteiger partial charge in [0, 0.05) is 71.5 Å². The first-order valence-electron chi connectivity index (χ1n) is 19.7. The van der Waals surface area contributed by atoms with Crippen molar-refractivity contribution in [3.05, 3.63) is 176 Å². The number of rotatable bonds is 0. The van der Waals surface area contributed by atoms with Crippen LogP contribution in [-0.2, 0) is 35.5 Å². The van der Waals surface area contributed by atoms with Gasteiger partial charge in [0.25, 0.3) is 0 Å². The summed E-state index contributed by atoms with van der Waals surface area (Å²) in [5.41, 5.74) is 24.0. The molecule has 0 amide bonds. The van der Waals surface area contributed by atoms with Crippen molar-refractivity contribution >= 4 is 34.1 Å². The zero-order chi connectivity index (χ0) is 37.5. The maximum absolute atomic E-state index is 2.49. The molecule has 6 aromatic rings. The van der Waals surface area contributed by atoms with Gasteiger partial charge in [-0.15, -0.1) is 0 Å². The van der Waals surface area contributed by atoms with E-state index in [1.807, 2.05) is 0 Å². The minimum atomic E-state index is -0.138. The standard InChI is InChI=1S/C51H51N3/c1-49(2)37-25-31-10-16-43(37)52(7)44-17-11-32(26-38(44)49)23-34-13-19-46-40(28-34)51(5,6)42-30-36(15-21-48(42)54(46)9)24-35-14-20-47-41(29-35)50(3,4)39-27-33(22-31)12-18-45(39)53(47)8/h10-21,25-30H,22-24H2,1-9H3. The molecule has 0 N–H and O–H groups in total. The van der Waals surface area contributed by atoms with Gasteiger partial charge in [0.1, 0.15) is 0 Å². The average Bonchev–Trinajstić information content (AvgIpc) is 3.15. The summed E-state index contributed by atoms with van der Waals surface area (Å²) in [6.07, 6.45) is 2.71. The molecule has 0 atom stereocenters. The molecule has 3 nitrogen and oxygen atoms in total. The van der Waals surface area contributed by atoms with E-state index < -0.39 is 0 Å². The van der Waals surface area contributed by atoms with Crippen LogP contribution in [0.3, 0.4) is 0 Å². The zero-order valence-electron chi connectivity index (χ0n) is 33.4. The summed E-state index contributed by atoms with van der Waals surface area (Å²) in [5.74, 6) is 0. The van der Waals surface area contributed by atoms with E-state index in [4.69, 9.17) is 0 Å². The van der Waals surface area contributed by atoms with Crippen LogP contribution in [0.5, 0.6) is 0 Å². The van der Waals surface area contributed by atoms with Gasteiger partial charge in [0.05, 0.1) is 0 Å². The third-order valence-electron chi connectivity index (χ3n) is 13.8. The van der Waals surface area contributed by atoms with Gasteiger partial charge in [-0.25, -0.2) is 0 Å². The van der Waals surface area contributed by atoms with Crippen molar-refractivity contribution in [1.29, 1.82) is 0 Å². The molecule has 270 valence electrons. The first-order chi connectivity index (χ1) is 25.7. The summed E-state index contributed by atoms with van der Waals surface area (Å²) in [5, 5.41) is 0. The van der Waals surface area contributed by atoms with Crippen molar-refractivity contribution in [2.24, 2.45) is 0 Å². The smallest absolute Gasteiger partial charge is 0.0449 e. The molecule has 1 aliphatic carbocycles. The lowest BCUT2D eigenvalue weighted by Gasteiger charge is -2.42. The van der Waals surface area contributed by atoms with Crippen LogP contribution in [-0.4, -0.2) is 21.1 Å². The Balaban J connectivity index is 1.17. The van der Waals surface area contributed by atoms with Crippen molar-refractivity contribution in [3.63, 3.8) is 0 Å². The van der Waals surface area contributed by atoms with Gasteiger partial charge in [0.2, 0.25) is 0 Å². The lowest BCUT2D eigenvalue weighted by atomic mass is 9.71. The summed E-state index contributed by atoms with van der Waals surface area (Å²) in [4.78, 5) is 7.21. The Morgan fingerprint density at radius 2 is 0.463 bits per heavy atom. The highest BCUT2D eigenvalue weighted by Gasteiger charge is 2.39. The van der Waals surface area contributed by atoms with Crippen LogP contribution in [0, 0.1) is 0 Å². The summed E-state index contributed by atoms with van der Waals surface area (Å²) < 4.78 is 0. The number of fused-ring (bicyclic) bond motifs is 6. The molecule has 6 aromatic carbocycles. The molecule has 0 saturated carbocycles. The summed E-state index contributed by atoms with van der Waals surface area (Å²) in [6.45, 7) is 14.5. The predicted octanol–water partition coefficient (Wildman–Crippen LogP) is 12.0. The molecular formula is C51H51N3. The average molecular weight is 706 g/mol. The van der Waals surface area contributed by atoms with E-state index in [-0.39, 0.29) is 16.2 Å². The van der Waals surface area contributed by atoms with E-state index >= 15 is 0 Å². The fourth-order valence-electron chi connectivity index (χ4n) is 10.4. The normalized spacial score (nSPS) is 17.8. The highest BCUT2D eigenvalue weighted by atomic mass is 15.1. The minimum absolute atomic E-state index is 0.138. The van der Waals surface area contributed by atoms with E-state index in [2.05, 4.69) is 187 Å². The maximum atomic E-state index is 2.49. The molecule has 0 saturated heterocycles. The van der Waals surface area contributed by atoms with Crippen LogP contribution in [0.1, 0.15) is 108 Å². The fourth-order valence-corrected chi connectivity index (χ4v) is 10.4. The van der Waals surface area contributed by atoms with Gasteiger partial charge in [-0.05, 0) is 122 Å². The second-order valence-corrected chi connectivity index (χ2v) is 18.2. The maximum Gasteiger partial charge on any atom is 0.0449 e. The molecule has 54 heavy (non-hydrogen) atoms. The summed E-state index contributed by atoms with van der Waals surface area (Å²) in [6, 6.07) is 43.2. The lowest BCUT2D eigenvalue weighted by molar-refractivity contribution is 0.625. The molecule has 10 rings (SSSR count). The van der Waals surface area contributed by atoms with Crippen molar-refractivity contribution in [1.82, 2.24) is 0 Å². The van der Waals surface area contributed by atoms with Crippen LogP contribution in [0.25, 0.3) is 0 Å². The monoisotopic (exact) mass is 705 g/mol. The molecule has 12 bridgehead atoms. The Morgan fingerprint density at radius 1 is 0.296 bits per heavy atom. The SMILES string of the molecule is CN1c2ccc3cc2C(C)(C)c2cc(ccc21)Cc1ccc2c(c1)C(C)(C)c1cc(ccc1N2C)Cc1ccc2c(c1)C(C)(C)c1cc(ccc1N2C)C3. The Labute approximate surface area is 321 Å². The molecule has 0 aromatic heterocycles. The highest BCUT2D eigenvalue weighted by Crippen LogP contribution is 2.52. The molecule has 3 heteroatoms. The highest BCUT2D eigenvalue weighted by molar-refractivity contribution is 5.81. The van der Waals surface area contributed by atoms with Gasteiger partial charge in [-0.2, -0.15) is 0 Å². The van der Waals surface area contributed by atoms with E-state index in [0.29, 0.717) is 0 Å².